The topological polar surface area (TPSA) is 96.9 Å². The molecule has 0 spiro atoms. The number of urea groups is 1. The molecule has 3 amide bonds. The number of carbonyl (C=O) groups is 2. The molecule has 2 aliphatic heterocycles. The number of carbonyl (C=O) groups excluding carboxylic acids is 2. The van der Waals surface area contributed by atoms with Crippen LogP contribution in [0.25, 0.3) is 0 Å². The molecule has 3 aromatic rings. The summed E-state index contributed by atoms with van der Waals surface area (Å²) in [6.45, 7) is 0.960. The molecule has 238 valence electrons. The van der Waals surface area contributed by atoms with Crippen molar-refractivity contribution in [2.75, 3.05) is 18.0 Å². The van der Waals surface area contributed by atoms with Crippen LogP contribution in [0.2, 0.25) is 10.0 Å². The van der Waals surface area contributed by atoms with Crippen molar-refractivity contribution < 1.29 is 32.3 Å². The van der Waals surface area contributed by atoms with Gasteiger partial charge in [-0.3, -0.25) is 14.5 Å². The fourth-order valence-corrected chi connectivity index (χ4v) is 7.37. The lowest BCUT2D eigenvalue weighted by Crippen LogP contribution is -2.50. The summed E-state index contributed by atoms with van der Waals surface area (Å²) < 4.78 is 55.3. The minimum atomic E-state index is -4.03. The van der Waals surface area contributed by atoms with E-state index >= 15 is 0 Å². The van der Waals surface area contributed by atoms with Gasteiger partial charge in [0.05, 0.1) is 20.6 Å². The highest BCUT2D eigenvalue weighted by molar-refractivity contribution is 7.99. The molecule has 0 atom stereocenters. The standard InChI is InChI=1S/C29H23Cl3F4N4O4S/c30-17-5-4-16(25(33)34)23(31)24(17)45-20-10-21(29(32,35)36)37-26(42)22(20)27(43)38-11-13-8-18(19(41)9-14(13)12-38)40-7-1-6-39(28(40)44)15-2-3-15/h4-5,8-10,15,25,41H,1-3,6-7,11-12H2,(H,37,42). The second-order valence-electron chi connectivity index (χ2n) is 10.9. The molecule has 2 fully saturated rings. The first kappa shape index (κ1) is 31.8. The van der Waals surface area contributed by atoms with Crippen LogP contribution in [0, 0.1) is 0 Å². The Labute approximate surface area is 272 Å². The Hall–Kier alpha value is -3.13. The molecule has 16 heteroatoms. The number of hydrogen-bond acceptors (Lipinski definition) is 5. The van der Waals surface area contributed by atoms with Gasteiger partial charge in [-0.2, -0.15) is 8.78 Å². The first-order chi connectivity index (χ1) is 21.2. The average Bonchev–Trinajstić information content (AvgIpc) is 3.72. The maximum Gasteiger partial charge on any atom is 0.362 e. The summed E-state index contributed by atoms with van der Waals surface area (Å²) in [5.74, 6) is -1.02. The third-order valence-electron chi connectivity index (χ3n) is 7.88. The number of halogens is 7. The Morgan fingerprint density at radius 1 is 1.07 bits per heavy atom. The van der Waals surface area contributed by atoms with Crippen LogP contribution in [0.3, 0.4) is 0 Å². The van der Waals surface area contributed by atoms with Crippen LogP contribution >= 0.6 is 46.6 Å². The number of aromatic hydroxyl groups is 1. The van der Waals surface area contributed by atoms with Crippen molar-refractivity contribution in [1.29, 1.82) is 0 Å². The number of benzene rings is 2. The van der Waals surface area contributed by atoms with Crippen LogP contribution in [-0.4, -0.2) is 51.0 Å². The van der Waals surface area contributed by atoms with Gasteiger partial charge in [0.2, 0.25) is 0 Å². The zero-order chi connectivity index (χ0) is 32.4. The number of fused-ring (bicyclic) bond motifs is 1. The number of amides is 3. The highest BCUT2D eigenvalue weighted by atomic mass is 35.5. The number of alkyl halides is 5. The van der Waals surface area contributed by atoms with E-state index in [1.807, 2.05) is 4.98 Å². The highest BCUT2D eigenvalue weighted by Crippen LogP contribution is 2.45. The third-order valence-corrected chi connectivity index (χ3v) is 10.2. The van der Waals surface area contributed by atoms with Gasteiger partial charge in [-0.15, -0.1) is 0 Å². The van der Waals surface area contributed by atoms with Crippen molar-refractivity contribution in [1.82, 2.24) is 14.8 Å². The van der Waals surface area contributed by atoms with Gasteiger partial charge in [-0.1, -0.05) is 41.0 Å². The number of rotatable bonds is 7. The van der Waals surface area contributed by atoms with E-state index in [0.29, 0.717) is 41.7 Å². The van der Waals surface area contributed by atoms with Crippen molar-refractivity contribution in [2.45, 2.75) is 60.0 Å². The lowest BCUT2D eigenvalue weighted by Gasteiger charge is -2.36. The van der Waals surface area contributed by atoms with Crippen molar-refractivity contribution in [3.63, 3.8) is 0 Å². The van der Waals surface area contributed by atoms with Crippen LogP contribution in [-0.2, 0) is 18.5 Å². The van der Waals surface area contributed by atoms with E-state index in [-0.39, 0.29) is 45.7 Å². The Morgan fingerprint density at radius 3 is 2.40 bits per heavy atom. The first-order valence-corrected chi connectivity index (χ1v) is 15.7. The minimum absolute atomic E-state index is 0.0326. The van der Waals surface area contributed by atoms with Crippen LogP contribution < -0.4 is 10.5 Å². The minimum Gasteiger partial charge on any atom is -0.506 e. The lowest BCUT2D eigenvalue weighted by molar-refractivity contribution is 0.0740. The second kappa shape index (κ2) is 11.9. The van der Waals surface area contributed by atoms with Gasteiger partial charge >= 0.3 is 11.4 Å². The summed E-state index contributed by atoms with van der Waals surface area (Å²) in [5.41, 5.74) is -1.92. The van der Waals surface area contributed by atoms with Crippen molar-refractivity contribution in [3.8, 4) is 5.75 Å². The average molecular weight is 706 g/mol. The molecular weight excluding hydrogens is 683 g/mol. The summed E-state index contributed by atoms with van der Waals surface area (Å²) >= 11 is 18.1. The molecule has 1 saturated heterocycles. The molecule has 8 nitrogen and oxygen atoms in total. The predicted molar refractivity (Wildman–Crippen MR) is 161 cm³/mol. The van der Waals surface area contributed by atoms with E-state index in [2.05, 4.69) is 0 Å². The molecule has 3 heterocycles. The van der Waals surface area contributed by atoms with Gasteiger partial charge < -0.3 is 19.9 Å². The molecule has 0 bridgehead atoms. The predicted octanol–water partition coefficient (Wildman–Crippen LogP) is 7.71. The number of pyridine rings is 1. The summed E-state index contributed by atoms with van der Waals surface area (Å²) in [6, 6.07) is 5.99. The fraction of sp³-hybridized carbons (Fsp3) is 0.345. The number of phenolic OH excluding ortho intramolecular Hbond substituents is 1. The molecule has 1 aliphatic carbocycles. The lowest BCUT2D eigenvalue weighted by atomic mass is 10.1. The summed E-state index contributed by atoms with van der Waals surface area (Å²) in [4.78, 5) is 46.2. The number of nitrogens with zero attached hydrogens (tertiary/aromatic N) is 3. The fourth-order valence-electron chi connectivity index (χ4n) is 5.53. The number of hydrogen-bond donors (Lipinski definition) is 2. The molecule has 6 rings (SSSR count). The molecular formula is C29H23Cl3F4N4O4S. The van der Waals surface area contributed by atoms with E-state index in [4.69, 9.17) is 34.8 Å². The number of H-pyrrole nitrogens is 1. The highest BCUT2D eigenvalue weighted by Gasteiger charge is 2.39. The maximum atomic E-state index is 14.1. The molecule has 3 aliphatic rings. The SMILES string of the molecule is O=C(c1c(Sc2c(Cl)ccc(C(F)F)c2Cl)cc(C(F)(F)Cl)[nH]c1=O)N1Cc2cc(O)c(N3CCCN(C4CC4)C3=O)cc2C1. The quantitative estimate of drug-likeness (QED) is 0.194. The number of nitrogens with one attached hydrogen (secondary N) is 1. The van der Waals surface area contributed by atoms with Gasteiger partial charge in [0.1, 0.15) is 17.0 Å². The van der Waals surface area contributed by atoms with Gasteiger partial charge in [0, 0.05) is 42.7 Å². The second-order valence-corrected chi connectivity index (χ2v) is 13.2. The van der Waals surface area contributed by atoms with Crippen molar-refractivity contribution in [2.24, 2.45) is 0 Å². The Morgan fingerprint density at radius 2 is 1.76 bits per heavy atom. The van der Waals surface area contributed by atoms with E-state index in [0.717, 1.165) is 37.5 Å². The Balaban J connectivity index is 1.34. The van der Waals surface area contributed by atoms with E-state index in [1.54, 1.807) is 11.0 Å². The van der Waals surface area contributed by atoms with Crippen LogP contribution in [0.15, 0.2) is 44.9 Å². The monoisotopic (exact) mass is 704 g/mol. The largest absolute Gasteiger partial charge is 0.506 e. The zero-order valence-electron chi connectivity index (χ0n) is 23.1. The van der Waals surface area contributed by atoms with E-state index in [9.17, 15) is 37.1 Å². The summed E-state index contributed by atoms with van der Waals surface area (Å²) in [5, 5.41) is 6.25. The number of anilines is 1. The zero-order valence-corrected chi connectivity index (χ0v) is 26.1. The molecule has 1 aromatic heterocycles. The van der Waals surface area contributed by atoms with Gasteiger partial charge in [-0.05, 0) is 66.3 Å². The number of phenols is 1. The molecule has 0 radical (unpaired) electrons. The van der Waals surface area contributed by atoms with Gasteiger partial charge in [0.25, 0.3) is 17.9 Å². The summed E-state index contributed by atoms with van der Waals surface area (Å²) in [7, 11) is 0. The Bertz CT molecular complexity index is 1780. The molecule has 1 saturated carbocycles. The van der Waals surface area contributed by atoms with Gasteiger partial charge in [0.15, 0.2) is 0 Å². The molecule has 2 aromatic carbocycles. The van der Waals surface area contributed by atoms with Crippen molar-refractivity contribution >= 4 is 64.2 Å². The normalized spacial score (nSPS) is 17.0. The molecule has 45 heavy (non-hydrogen) atoms. The maximum absolute atomic E-state index is 14.1. The Kier molecular flexibility index (Phi) is 8.42. The molecule has 2 N–H and O–H groups in total. The summed E-state index contributed by atoms with van der Waals surface area (Å²) in [6.07, 6.45) is -0.394. The van der Waals surface area contributed by atoms with E-state index < -0.39 is 45.1 Å². The first-order valence-electron chi connectivity index (χ1n) is 13.7. The smallest absolute Gasteiger partial charge is 0.362 e. The number of aromatic nitrogens is 1. The van der Waals surface area contributed by atoms with Crippen LogP contribution in [0.4, 0.5) is 28.0 Å². The third kappa shape index (κ3) is 6.07. The molecule has 0 unspecified atom stereocenters. The number of aromatic amines is 1. The van der Waals surface area contributed by atoms with Crippen LogP contribution in [0.5, 0.6) is 5.75 Å². The van der Waals surface area contributed by atoms with Crippen molar-refractivity contribution in [3.05, 3.63) is 78.7 Å². The van der Waals surface area contributed by atoms with Crippen LogP contribution in [0.1, 0.15) is 58.4 Å². The van der Waals surface area contributed by atoms with Gasteiger partial charge in [-0.25, -0.2) is 13.6 Å². The van der Waals surface area contributed by atoms with E-state index in [1.165, 1.54) is 15.9 Å².